The quantitative estimate of drug-likeness (QED) is 0.583. The molecule has 2 heterocycles. The molecule has 2 aromatic rings. The van der Waals surface area contributed by atoms with Crippen LogP contribution in [0.4, 0.5) is 0 Å². The van der Waals surface area contributed by atoms with Crippen molar-refractivity contribution in [1.29, 1.82) is 0 Å². The molecule has 1 aromatic heterocycles. The molecule has 1 amide bonds. The predicted octanol–water partition coefficient (Wildman–Crippen LogP) is 3.40. The van der Waals surface area contributed by atoms with Crippen molar-refractivity contribution in [2.75, 3.05) is 27.4 Å². The van der Waals surface area contributed by atoms with E-state index in [-0.39, 0.29) is 23.7 Å². The maximum Gasteiger partial charge on any atom is 0.273 e. The molecular weight excluding hydrogens is 398 g/mol. The van der Waals surface area contributed by atoms with Crippen molar-refractivity contribution in [1.82, 2.24) is 15.2 Å². The van der Waals surface area contributed by atoms with Gasteiger partial charge in [-0.1, -0.05) is 6.92 Å². The van der Waals surface area contributed by atoms with Gasteiger partial charge < -0.3 is 23.9 Å². The predicted molar refractivity (Wildman–Crippen MR) is 116 cm³/mol. The Morgan fingerprint density at radius 2 is 2.16 bits per heavy atom. The van der Waals surface area contributed by atoms with Crippen LogP contribution in [0.1, 0.15) is 55.1 Å². The number of benzene rings is 1. The lowest BCUT2D eigenvalue weighted by Gasteiger charge is -2.28. The van der Waals surface area contributed by atoms with Crippen molar-refractivity contribution in [3.63, 3.8) is 0 Å². The van der Waals surface area contributed by atoms with Gasteiger partial charge in [0.2, 0.25) is 5.89 Å². The zero-order valence-corrected chi connectivity index (χ0v) is 18.8. The molecule has 31 heavy (non-hydrogen) atoms. The van der Waals surface area contributed by atoms with E-state index in [1.807, 2.05) is 18.2 Å². The highest BCUT2D eigenvalue weighted by molar-refractivity contribution is 5.91. The summed E-state index contributed by atoms with van der Waals surface area (Å²) in [5, 5.41) is 2.88. The monoisotopic (exact) mass is 431 g/mol. The summed E-state index contributed by atoms with van der Waals surface area (Å²) in [6, 6.07) is 6.05. The van der Waals surface area contributed by atoms with Gasteiger partial charge in [-0.25, -0.2) is 4.98 Å². The molecule has 1 aromatic carbocycles. The van der Waals surface area contributed by atoms with Crippen molar-refractivity contribution in [2.24, 2.45) is 0 Å². The van der Waals surface area contributed by atoms with E-state index in [1.165, 1.54) is 6.26 Å². The highest BCUT2D eigenvalue weighted by Crippen LogP contribution is 2.27. The molecule has 170 valence electrons. The molecule has 0 spiro atoms. The highest BCUT2D eigenvalue weighted by Gasteiger charge is 2.21. The Balaban J connectivity index is 1.67. The van der Waals surface area contributed by atoms with Gasteiger partial charge >= 0.3 is 0 Å². The van der Waals surface area contributed by atoms with E-state index in [0.29, 0.717) is 25.5 Å². The summed E-state index contributed by atoms with van der Waals surface area (Å²) >= 11 is 0. The fourth-order valence-corrected chi connectivity index (χ4v) is 3.61. The summed E-state index contributed by atoms with van der Waals surface area (Å²) in [6.07, 6.45) is 4.48. The van der Waals surface area contributed by atoms with Gasteiger partial charge in [0.05, 0.1) is 26.9 Å². The number of methoxy groups -OCH3 is 2. The van der Waals surface area contributed by atoms with E-state index in [1.54, 1.807) is 14.2 Å². The number of nitrogens with zero attached hydrogens (tertiary/aromatic N) is 2. The molecule has 1 aliphatic heterocycles. The number of hydrogen-bond donors (Lipinski definition) is 1. The first-order valence-electron chi connectivity index (χ1n) is 10.8. The van der Waals surface area contributed by atoms with Crippen molar-refractivity contribution in [2.45, 2.75) is 58.3 Å². The number of amides is 1. The summed E-state index contributed by atoms with van der Waals surface area (Å²) in [5.41, 5.74) is 1.30. The smallest absolute Gasteiger partial charge is 0.273 e. The first-order chi connectivity index (χ1) is 15.0. The Labute approximate surface area is 183 Å². The van der Waals surface area contributed by atoms with Crippen LogP contribution in [0.2, 0.25) is 0 Å². The first-order valence-corrected chi connectivity index (χ1v) is 10.8. The molecule has 1 saturated heterocycles. The molecule has 0 aliphatic carbocycles. The van der Waals surface area contributed by atoms with E-state index in [4.69, 9.17) is 18.6 Å². The summed E-state index contributed by atoms with van der Waals surface area (Å²) in [6.45, 7) is 6.67. The van der Waals surface area contributed by atoms with Crippen molar-refractivity contribution < 1.29 is 23.4 Å². The minimum Gasteiger partial charge on any atom is -0.497 e. The summed E-state index contributed by atoms with van der Waals surface area (Å²) < 4.78 is 22.1. The zero-order chi connectivity index (χ0) is 22.2. The van der Waals surface area contributed by atoms with Gasteiger partial charge in [-0.2, -0.15) is 0 Å². The summed E-state index contributed by atoms with van der Waals surface area (Å²) in [5.74, 6) is 1.84. The largest absolute Gasteiger partial charge is 0.497 e. The van der Waals surface area contributed by atoms with E-state index in [2.05, 4.69) is 29.0 Å². The number of rotatable bonds is 11. The van der Waals surface area contributed by atoms with Crippen LogP contribution in [0.15, 0.2) is 28.9 Å². The normalized spacial score (nSPS) is 17.0. The van der Waals surface area contributed by atoms with Crippen LogP contribution in [-0.2, 0) is 17.8 Å². The third kappa shape index (κ3) is 6.21. The molecule has 1 fully saturated rings. The van der Waals surface area contributed by atoms with Crippen LogP contribution in [-0.4, -0.2) is 55.3 Å². The maximum atomic E-state index is 12.4. The van der Waals surface area contributed by atoms with Crippen LogP contribution in [0.3, 0.4) is 0 Å². The number of nitrogens with one attached hydrogen (secondary N) is 1. The Bertz CT molecular complexity index is 847. The van der Waals surface area contributed by atoms with E-state index in [0.717, 1.165) is 42.9 Å². The molecular formula is C23H33N3O5. The topological polar surface area (TPSA) is 86.1 Å². The van der Waals surface area contributed by atoms with Gasteiger partial charge in [0.15, 0.2) is 5.69 Å². The lowest BCUT2D eigenvalue weighted by molar-refractivity contribution is 0.0853. The Morgan fingerprint density at radius 1 is 1.32 bits per heavy atom. The number of ether oxygens (including phenoxy) is 3. The third-order valence-corrected chi connectivity index (χ3v) is 5.71. The number of carbonyl (C=O) groups is 1. The van der Waals surface area contributed by atoms with Crippen LogP contribution < -0.4 is 14.8 Å². The molecule has 3 rings (SSSR count). The van der Waals surface area contributed by atoms with Gasteiger partial charge in [-0.05, 0) is 44.4 Å². The highest BCUT2D eigenvalue weighted by atomic mass is 16.5. The van der Waals surface area contributed by atoms with Gasteiger partial charge in [0, 0.05) is 31.3 Å². The van der Waals surface area contributed by atoms with Crippen LogP contribution >= 0.6 is 0 Å². The number of oxazole rings is 1. The van der Waals surface area contributed by atoms with Gasteiger partial charge in [0.25, 0.3) is 5.91 Å². The zero-order valence-electron chi connectivity index (χ0n) is 18.8. The molecule has 0 bridgehead atoms. The fourth-order valence-electron chi connectivity index (χ4n) is 3.61. The van der Waals surface area contributed by atoms with Crippen molar-refractivity contribution in [3.8, 4) is 11.5 Å². The SMILES string of the molecule is CC[C@@H](C)N(Cc1nc(C(=O)NC[C@@H]2CCCO2)co1)Cc1cc(OC)ccc1OC. The fraction of sp³-hybridized carbons (Fsp3) is 0.565. The third-order valence-electron chi connectivity index (χ3n) is 5.71. The number of aromatic nitrogens is 1. The second kappa shape index (κ2) is 11.2. The molecule has 8 heteroatoms. The Hall–Kier alpha value is -2.58. The van der Waals surface area contributed by atoms with Crippen molar-refractivity contribution >= 4 is 5.91 Å². The molecule has 2 atom stereocenters. The average Bonchev–Trinajstić information content (AvgIpc) is 3.48. The lowest BCUT2D eigenvalue weighted by Crippen LogP contribution is -2.33. The summed E-state index contributed by atoms with van der Waals surface area (Å²) in [4.78, 5) is 19.1. The first kappa shape index (κ1) is 23.1. The van der Waals surface area contributed by atoms with Gasteiger partial charge in [-0.15, -0.1) is 0 Å². The molecule has 0 saturated carbocycles. The van der Waals surface area contributed by atoms with E-state index >= 15 is 0 Å². The number of hydrogen-bond acceptors (Lipinski definition) is 7. The average molecular weight is 432 g/mol. The Morgan fingerprint density at radius 3 is 2.84 bits per heavy atom. The van der Waals surface area contributed by atoms with Crippen LogP contribution in [0.25, 0.3) is 0 Å². The molecule has 1 N–H and O–H groups in total. The molecule has 0 radical (unpaired) electrons. The molecule has 8 nitrogen and oxygen atoms in total. The van der Waals surface area contributed by atoms with Gasteiger partial charge in [0.1, 0.15) is 17.8 Å². The number of carbonyl (C=O) groups excluding carboxylic acids is 1. The van der Waals surface area contributed by atoms with E-state index in [9.17, 15) is 4.79 Å². The minimum atomic E-state index is -0.241. The van der Waals surface area contributed by atoms with Crippen LogP contribution in [0, 0.1) is 0 Å². The Kier molecular flexibility index (Phi) is 8.31. The second-order valence-electron chi connectivity index (χ2n) is 7.81. The van der Waals surface area contributed by atoms with Crippen molar-refractivity contribution in [3.05, 3.63) is 41.6 Å². The summed E-state index contributed by atoms with van der Waals surface area (Å²) in [7, 11) is 3.31. The second-order valence-corrected chi connectivity index (χ2v) is 7.81. The standard InChI is InChI=1S/C23H33N3O5/c1-5-16(2)26(13-17-11-18(28-3)8-9-21(17)29-4)14-22-25-20(15-31-22)23(27)24-12-19-7-6-10-30-19/h8-9,11,15-16,19H,5-7,10,12-14H2,1-4H3,(H,24,27)/t16-,19+/m1/s1. The lowest BCUT2D eigenvalue weighted by atomic mass is 10.1. The van der Waals surface area contributed by atoms with E-state index < -0.39 is 0 Å². The maximum absolute atomic E-state index is 12.4. The minimum absolute atomic E-state index is 0.0917. The van der Waals surface area contributed by atoms with Gasteiger partial charge in [-0.3, -0.25) is 9.69 Å². The van der Waals surface area contributed by atoms with Crippen LogP contribution in [0.5, 0.6) is 11.5 Å². The molecule has 0 unspecified atom stereocenters. The molecule has 1 aliphatic rings.